The van der Waals surface area contributed by atoms with Gasteiger partial charge in [0, 0.05) is 14.2 Å². The van der Waals surface area contributed by atoms with Gasteiger partial charge in [0.2, 0.25) is 4.70 Å². The van der Waals surface area contributed by atoms with E-state index in [-0.39, 0.29) is 0 Å². The van der Waals surface area contributed by atoms with Crippen molar-refractivity contribution in [3.8, 4) is 0 Å². The van der Waals surface area contributed by atoms with Crippen LogP contribution in [0.2, 0.25) is 0 Å². The van der Waals surface area contributed by atoms with E-state index in [0.29, 0.717) is 0 Å². The van der Waals surface area contributed by atoms with Gasteiger partial charge in [-0.2, -0.15) is 0 Å². The Hall–Kier alpha value is 0.140. The van der Waals surface area contributed by atoms with E-state index in [0.717, 1.165) is 0 Å². The van der Waals surface area contributed by atoms with E-state index in [9.17, 15) is 0 Å². The zero-order chi connectivity index (χ0) is 6.62. The lowest BCUT2D eigenvalue weighted by Crippen LogP contribution is -2.21. The van der Waals surface area contributed by atoms with Gasteiger partial charge in [0.05, 0.1) is 0 Å². The van der Waals surface area contributed by atoms with Crippen LogP contribution >= 0.6 is 15.9 Å². The highest BCUT2D eigenvalue weighted by molar-refractivity contribution is 9.10. The summed E-state index contributed by atoms with van der Waals surface area (Å²) in [5.74, 6) is 0. The molecule has 0 spiro atoms. The van der Waals surface area contributed by atoms with Gasteiger partial charge in [-0.05, 0) is 22.0 Å². The van der Waals surface area contributed by atoms with Crippen LogP contribution in [-0.4, -0.2) is 18.9 Å². The number of methoxy groups -OCH3 is 2. The van der Waals surface area contributed by atoms with E-state index in [2.05, 4.69) is 22.5 Å². The van der Waals surface area contributed by atoms with Crippen LogP contribution in [0.25, 0.3) is 0 Å². The molecule has 0 N–H and O–H groups in total. The monoisotopic (exact) mass is 180 g/mol. The predicted octanol–water partition coefficient (Wildman–Crippen LogP) is 1.51. The average Bonchev–Trinajstić information content (AvgIpc) is 1.87. The summed E-state index contributed by atoms with van der Waals surface area (Å²) in [7, 11) is 3.06. The molecule has 0 amide bonds. The van der Waals surface area contributed by atoms with Gasteiger partial charge in [-0.25, -0.2) is 0 Å². The summed E-state index contributed by atoms with van der Waals surface area (Å²) in [6.07, 6.45) is 1.52. The fourth-order valence-corrected chi connectivity index (χ4v) is 0.250. The maximum absolute atomic E-state index is 4.81. The fraction of sp³-hybridized carbons (Fsp3) is 0.600. The van der Waals surface area contributed by atoms with Gasteiger partial charge in [-0.1, -0.05) is 6.58 Å². The van der Waals surface area contributed by atoms with Gasteiger partial charge in [0.25, 0.3) is 0 Å². The Morgan fingerprint density at radius 1 is 1.50 bits per heavy atom. The molecule has 0 aromatic rings. The molecule has 3 heteroatoms. The van der Waals surface area contributed by atoms with Crippen LogP contribution in [0.5, 0.6) is 0 Å². The number of hydrogen-bond donors (Lipinski definition) is 0. The number of halogens is 1. The molecular formula is C5H9BrO2. The Labute approximate surface area is 57.6 Å². The van der Waals surface area contributed by atoms with E-state index in [1.165, 1.54) is 20.3 Å². The zero-order valence-corrected chi connectivity index (χ0v) is 6.56. The highest BCUT2D eigenvalue weighted by Gasteiger charge is 2.18. The molecule has 0 aliphatic carbocycles. The van der Waals surface area contributed by atoms with E-state index >= 15 is 0 Å². The van der Waals surface area contributed by atoms with Crippen LogP contribution in [0.3, 0.4) is 0 Å². The van der Waals surface area contributed by atoms with Crippen molar-refractivity contribution in [1.29, 1.82) is 0 Å². The Bertz CT molecular complexity index is 78.5. The number of hydrogen-bond acceptors (Lipinski definition) is 2. The van der Waals surface area contributed by atoms with Crippen molar-refractivity contribution >= 4 is 15.9 Å². The number of ether oxygens (including phenoxy) is 2. The van der Waals surface area contributed by atoms with Crippen molar-refractivity contribution in [1.82, 2.24) is 0 Å². The first kappa shape index (κ1) is 8.14. The van der Waals surface area contributed by atoms with E-state index < -0.39 is 4.70 Å². The standard InChI is InChI=1S/C5H9BrO2/c1-4-5(6,7-2)8-3/h4H,1H2,2-3H3. The minimum atomic E-state index is -0.799. The van der Waals surface area contributed by atoms with E-state index in [1.54, 1.807) is 0 Å². The summed E-state index contributed by atoms with van der Waals surface area (Å²) < 4.78 is 8.83. The molecule has 0 saturated carbocycles. The van der Waals surface area contributed by atoms with Crippen molar-refractivity contribution < 1.29 is 9.47 Å². The molecule has 0 radical (unpaired) electrons. The second-order valence-electron chi connectivity index (χ2n) is 1.19. The summed E-state index contributed by atoms with van der Waals surface area (Å²) in [6.45, 7) is 3.48. The molecular weight excluding hydrogens is 172 g/mol. The number of rotatable bonds is 3. The minimum absolute atomic E-state index is 0.799. The van der Waals surface area contributed by atoms with Crippen LogP contribution in [-0.2, 0) is 9.47 Å². The molecule has 0 fully saturated rings. The van der Waals surface area contributed by atoms with Crippen LogP contribution in [0.4, 0.5) is 0 Å². The van der Waals surface area contributed by atoms with Crippen LogP contribution in [0.1, 0.15) is 0 Å². The highest BCUT2D eigenvalue weighted by atomic mass is 79.9. The lowest BCUT2D eigenvalue weighted by atomic mass is 10.6. The first-order valence-corrected chi connectivity index (χ1v) is 2.90. The van der Waals surface area contributed by atoms with Crippen LogP contribution < -0.4 is 0 Å². The van der Waals surface area contributed by atoms with Crippen molar-refractivity contribution in [3.05, 3.63) is 12.7 Å². The topological polar surface area (TPSA) is 18.5 Å². The Balaban J connectivity index is 3.76. The van der Waals surface area contributed by atoms with Gasteiger partial charge in [-0.15, -0.1) is 0 Å². The third kappa shape index (κ3) is 1.94. The molecule has 0 bridgehead atoms. The molecule has 0 aliphatic rings. The zero-order valence-electron chi connectivity index (χ0n) is 4.98. The fourth-order valence-electron chi connectivity index (χ4n) is 0.250. The first-order chi connectivity index (χ1) is 3.68. The first-order valence-electron chi connectivity index (χ1n) is 2.11. The van der Waals surface area contributed by atoms with Crippen molar-refractivity contribution in [3.63, 3.8) is 0 Å². The third-order valence-electron chi connectivity index (χ3n) is 0.800. The van der Waals surface area contributed by atoms with Crippen LogP contribution in [0.15, 0.2) is 12.7 Å². The second-order valence-corrected chi connectivity index (χ2v) is 2.30. The molecule has 2 nitrogen and oxygen atoms in total. The van der Waals surface area contributed by atoms with Gasteiger partial charge in [-0.3, -0.25) is 0 Å². The molecule has 8 heavy (non-hydrogen) atoms. The molecule has 0 aromatic carbocycles. The van der Waals surface area contributed by atoms with Gasteiger partial charge in [0.1, 0.15) is 0 Å². The Morgan fingerprint density at radius 3 is 1.88 bits per heavy atom. The summed E-state index contributed by atoms with van der Waals surface area (Å²) in [5.41, 5.74) is 0. The summed E-state index contributed by atoms with van der Waals surface area (Å²) in [4.78, 5) is 0. The quantitative estimate of drug-likeness (QED) is 0.373. The summed E-state index contributed by atoms with van der Waals surface area (Å²) >= 11 is 3.12. The average molecular weight is 181 g/mol. The molecule has 0 aromatic heterocycles. The maximum Gasteiger partial charge on any atom is 0.246 e. The normalized spacial score (nSPS) is 11.4. The SMILES string of the molecule is C=CC(Br)(OC)OC. The second kappa shape index (κ2) is 3.22. The van der Waals surface area contributed by atoms with Crippen molar-refractivity contribution in [2.45, 2.75) is 4.70 Å². The number of alkyl halides is 1. The largest absolute Gasteiger partial charge is 0.341 e. The lowest BCUT2D eigenvalue weighted by molar-refractivity contribution is -0.0909. The Morgan fingerprint density at radius 2 is 1.88 bits per heavy atom. The Kier molecular flexibility index (Phi) is 3.28. The summed E-state index contributed by atoms with van der Waals surface area (Å²) in [5, 5.41) is 0. The predicted molar refractivity (Wildman–Crippen MR) is 35.9 cm³/mol. The molecule has 0 unspecified atom stereocenters. The van der Waals surface area contributed by atoms with Gasteiger partial charge in [0.15, 0.2) is 0 Å². The molecule has 0 rings (SSSR count). The molecule has 0 saturated heterocycles. The lowest BCUT2D eigenvalue weighted by Gasteiger charge is -2.18. The molecule has 0 atom stereocenters. The smallest absolute Gasteiger partial charge is 0.246 e. The summed E-state index contributed by atoms with van der Waals surface area (Å²) in [6, 6.07) is 0. The van der Waals surface area contributed by atoms with Crippen LogP contribution in [0, 0.1) is 0 Å². The maximum atomic E-state index is 4.81. The molecule has 0 aliphatic heterocycles. The highest BCUT2D eigenvalue weighted by Crippen LogP contribution is 2.19. The van der Waals surface area contributed by atoms with Crippen molar-refractivity contribution in [2.75, 3.05) is 14.2 Å². The third-order valence-corrected chi connectivity index (χ3v) is 1.77. The molecule has 48 valence electrons. The van der Waals surface area contributed by atoms with E-state index in [4.69, 9.17) is 9.47 Å². The van der Waals surface area contributed by atoms with Gasteiger partial charge >= 0.3 is 0 Å². The minimum Gasteiger partial charge on any atom is -0.341 e. The molecule has 0 heterocycles. The van der Waals surface area contributed by atoms with E-state index in [1.807, 2.05) is 0 Å². The van der Waals surface area contributed by atoms with Crippen molar-refractivity contribution in [2.24, 2.45) is 0 Å². The van der Waals surface area contributed by atoms with Gasteiger partial charge < -0.3 is 9.47 Å².